The number of carbonyl (C=O) groups is 1. The van der Waals surface area contributed by atoms with Crippen molar-refractivity contribution in [2.45, 2.75) is 18.7 Å². The average molecular weight is 492 g/mol. The number of ketones is 1. The molecule has 3 rings (SSSR count). The molecule has 2 aromatic carbocycles. The van der Waals surface area contributed by atoms with Gasteiger partial charge in [-0.2, -0.15) is 8.42 Å². The van der Waals surface area contributed by atoms with Crippen LogP contribution in [0.3, 0.4) is 0 Å². The fraction of sp³-hybridized carbons (Fsp3) is 0.0952. The lowest BCUT2D eigenvalue weighted by Gasteiger charge is -2.15. The third kappa shape index (κ3) is 4.80. The lowest BCUT2D eigenvalue weighted by Crippen LogP contribution is -2.16. The molecule has 8 heteroatoms. The molecule has 0 saturated carbocycles. The number of carbonyl (C=O) groups excluding carboxylic acids is 1. The van der Waals surface area contributed by atoms with E-state index in [0.29, 0.717) is 31.9 Å². The molecule has 0 atom stereocenters. The molecule has 0 aliphatic heterocycles. The summed E-state index contributed by atoms with van der Waals surface area (Å²) in [5.74, 6) is -0.136. The number of nitrogens with zero attached hydrogens (tertiary/aromatic N) is 2. The van der Waals surface area contributed by atoms with Crippen molar-refractivity contribution in [3.63, 3.8) is 0 Å². The molecule has 0 heterocycles. The Balaban J connectivity index is 2.19. The van der Waals surface area contributed by atoms with Crippen LogP contribution in [0.5, 0.6) is 0 Å². The second-order valence-corrected chi connectivity index (χ2v) is 9.13. The van der Waals surface area contributed by atoms with Crippen molar-refractivity contribution >= 4 is 54.9 Å². The van der Waals surface area contributed by atoms with Gasteiger partial charge in [0, 0.05) is 10.6 Å². The quantitative estimate of drug-likeness (QED) is 0.340. The normalized spacial score (nSPS) is 17.0. The molecule has 2 aromatic rings. The summed E-state index contributed by atoms with van der Waals surface area (Å²) in [6.45, 7) is 3.49. The summed E-state index contributed by atoms with van der Waals surface area (Å²) in [7, 11) is -4.03. The number of aliphatic imine (C=N–C) groups is 1. The van der Waals surface area contributed by atoms with E-state index in [-0.39, 0.29) is 16.5 Å². The number of hydrogen-bond acceptors (Lipinski definition) is 3. The molecule has 0 saturated heterocycles. The van der Waals surface area contributed by atoms with E-state index in [4.69, 9.17) is 11.6 Å². The third-order valence-electron chi connectivity index (χ3n) is 4.19. The van der Waals surface area contributed by atoms with Gasteiger partial charge in [0.1, 0.15) is 0 Å². The molecule has 29 heavy (non-hydrogen) atoms. The summed E-state index contributed by atoms with van der Waals surface area (Å²) in [6, 6.07) is 14.6. The molecular weight excluding hydrogens is 476 g/mol. The molecule has 0 spiro atoms. The molecule has 0 amide bonds. The van der Waals surface area contributed by atoms with Crippen LogP contribution < -0.4 is 0 Å². The maximum Gasteiger partial charge on any atom is 0.284 e. The Morgan fingerprint density at radius 1 is 1.00 bits per heavy atom. The van der Waals surface area contributed by atoms with E-state index >= 15 is 0 Å². The molecule has 0 bridgehead atoms. The summed E-state index contributed by atoms with van der Waals surface area (Å²) in [5.41, 5.74) is 2.27. The van der Waals surface area contributed by atoms with Gasteiger partial charge in [-0.25, -0.2) is 4.99 Å². The lowest BCUT2D eigenvalue weighted by molar-refractivity contribution is -0.110. The molecule has 0 fully saturated rings. The molecular formula is C21H16BrClN2O3S. The van der Waals surface area contributed by atoms with Crippen LogP contribution >= 0.6 is 27.5 Å². The number of rotatable bonds is 3. The van der Waals surface area contributed by atoms with E-state index in [2.05, 4.69) is 25.3 Å². The fourth-order valence-electron chi connectivity index (χ4n) is 2.69. The number of sulfonamides is 1. The van der Waals surface area contributed by atoms with Crippen LogP contribution in [0.1, 0.15) is 19.4 Å². The van der Waals surface area contributed by atoms with Crippen LogP contribution in [-0.2, 0) is 14.8 Å². The second kappa shape index (κ2) is 8.57. The van der Waals surface area contributed by atoms with E-state index < -0.39 is 10.0 Å². The summed E-state index contributed by atoms with van der Waals surface area (Å²) in [5, 5.41) is 0.426. The van der Waals surface area contributed by atoms with Gasteiger partial charge in [-0.05, 0) is 71.3 Å². The van der Waals surface area contributed by atoms with Crippen molar-refractivity contribution in [1.29, 1.82) is 0 Å². The van der Waals surface area contributed by atoms with Crippen molar-refractivity contribution in [2.75, 3.05) is 0 Å². The first-order valence-electron chi connectivity index (χ1n) is 8.53. The van der Waals surface area contributed by atoms with Crippen molar-refractivity contribution in [3.8, 4) is 0 Å². The monoisotopic (exact) mass is 490 g/mol. The van der Waals surface area contributed by atoms with Crippen LogP contribution in [-0.4, -0.2) is 25.7 Å². The Bertz CT molecular complexity index is 1200. The second-order valence-electron chi connectivity index (χ2n) is 6.30. The minimum absolute atomic E-state index is 0.00932. The summed E-state index contributed by atoms with van der Waals surface area (Å²) < 4.78 is 30.1. The predicted octanol–water partition coefficient (Wildman–Crippen LogP) is 5.11. The van der Waals surface area contributed by atoms with E-state index in [9.17, 15) is 13.2 Å². The fourth-order valence-corrected chi connectivity index (χ4v) is 4.08. The highest BCUT2D eigenvalue weighted by atomic mass is 79.9. The minimum Gasteiger partial charge on any atom is -0.289 e. The molecule has 0 unspecified atom stereocenters. The number of halogens is 2. The highest BCUT2D eigenvalue weighted by Crippen LogP contribution is 2.25. The van der Waals surface area contributed by atoms with Gasteiger partial charge >= 0.3 is 0 Å². The van der Waals surface area contributed by atoms with E-state index in [1.165, 1.54) is 30.3 Å². The first-order valence-corrected chi connectivity index (χ1v) is 11.1. The van der Waals surface area contributed by atoms with Crippen molar-refractivity contribution in [1.82, 2.24) is 0 Å². The first kappa shape index (κ1) is 21.4. The molecule has 0 radical (unpaired) electrons. The Morgan fingerprint density at radius 3 is 2.24 bits per heavy atom. The maximum absolute atomic E-state index is 12.9. The van der Waals surface area contributed by atoms with Gasteiger partial charge in [0.25, 0.3) is 10.0 Å². The molecule has 1 aliphatic rings. The standard InChI is InChI=1S/C21H16BrClN2O3S/c1-13-12-18(26)19(22)14(2)20(13)24-21(15-6-4-3-5-7-15)25-29(27,28)17-10-8-16(23)9-11-17/h3-12H,1-2H3. The Labute approximate surface area is 182 Å². The number of amidine groups is 1. The van der Waals surface area contributed by atoms with E-state index in [1.54, 1.807) is 38.1 Å². The largest absolute Gasteiger partial charge is 0.289 e. The van der Waals surface area contributed by atoms with Gasteiger partial charge in [-0.3, -0.25) is 4.79 Å². The molecule has 148 valence electrons. The maximum atomic E-state index is 12.9. The topological polar surface area (TPSA) is 75.9 Å². The summed E-state index contributed by atoms with van der Waals surface area (Å²) >= 11 is 9.13. The van der Waals surface area contributed by atoms with E-state index in [1.807, 2.05) is 6.07 Å². The molecule has 5 nitrogen and oxygen atoms in total. The SMILES string of the molecule is CC1=CC(=O)C(Br)=C(C)C1=NC(=NS(=O)(=O)c1ccc(Cl)cc1)c1ccccc1. The predicted molar refractivity (Wildman–Crippen MR) is 119 cm³/mol. The molecule has 1 aliphatic carbocycles. The van der Waals surface area contributed by atoms with Gasteiger partial charge in [0.15, 0.2) is 11.6 Å². The van der Waals surface area contributed by atoms with Crippen LogP contribution in [0.2, 0.25) is 5.02 Å². The number of benzene rings is 2. The zero-order chi connectivity index (χ0) is 21.2. The number of allylic oxidation sites excluding steroid dienone is 4. The molecule has 0 N–H and O–H groups in total. The average Bonchev–Trinajstić information content (AvgIpc) is 2.69. The van der Waals surface area contributed by atoms with Crippen LogP contribution in [0, 0.1) is 0 Å². The highest BCUT2D eigenvalue weighted by molar-refractivity contribution is 9.12. The zero-order valence-corrected chi connectivity index (χ0v) is 18.7. The minimum atomic E-state index is -4.03. The van der Waals surface area contributed by atoms with Gasteiger partial charge in [0.2, 0.25) is 0 Å². The van der Waals surface area contributed by atoms with E-state index in [0.717, 1.165) is 0 Å². The van der Waals surface area contributed by atoms with Crippen LogP contribution in [0.15, 0.2) is 90.6 Å². The number of hydrogen-bond donors (Lipinski definition) is 0. The highest BCUT2D eigenvalue weighted by Gasteiger charge is 2.22. The Kier molecular flexibility index (Phi) is 6.31. The lowest BCUT2D eigenvalue weighted by atomic mass is 9.97. The molecule has 0 aromatic heterocycles. The summed E-state index contributed by atoms with van der Waals surface area (Å²) in [6.07, 6.45) is 1.45. The van der Waals surface area contributed by atoms with Crippen LogP contribution in [0.4, 0.5) is 0 Å². The van der Waals surface area contributed by atoms with Crippen LogP contribution in [0.25, 0.3) is 0 Å². The van der Waals surface area contributed by atoms with Gasteiger partial charge in [0.05, 0.1) is 15.1 Å². The van der Waals surface area contributed by atoms with Crippen molar-refractivity contribution < 1.29 is 13.2 Å². The summed E-state index contributed by atoms with van der Waals surface area (Å²) in [4.78, 5) is 16.5. The smallest absolute Gasteiger partial charge is 0.284 e. The van der Waals surface area contributed by atoms with Gasteiger partial charge in [-0.1, -0.05) is 41.9 Å². The zero-order valence-electron chi connectivity index (χ0n) is 15.6. The van der Waals surface area contributed by atoms with Crippen molar-refractivity contribution in [2.24, 2.45) is 9.39 Å². The van der Waals surface area contributed by atoms with Gasteiger partial charge < -0.3 is 0 Å². The Hall–Kier alpha value is -2.35. The first-order chi connectivity index (χ1) is 13.7. The Morgan fingerprint density at radius 2 is 1.62 bits per heavy atom. The van der Waals surface area contributed by atoms with Gasteiger partial charge in [-0.15, -0.1) is 4.40 Å². The van der Waals surface area contributed by atoms with Crippen molar-refractivity contribution in [3.05, 3.63) is 86.9 Å². The third-order valence-corrected chi connectivity index (χ3v) is 6.71.